The van der Waals surface area contributed by atoms with E-state index < -0.39 is 36.1 Å². The molecule has 0 saturated carbocycles. The summed E-state index contributed by atoms with van der Waals surface area (Å²) in [5, 5.41) is 33.9. The lowest BCUT2D eigenvalue weighted by Crippen LogP contribution is -2.53. The van der Waals surface area contributed by atoms with Crippen LogP contribution in [-0.2, 0) is 10.3 Å². The standard InChI is InChI=1S/C21H23F2N3O4/c1-11-14-7-8-26(17(14)25-10-24-11)18-15(27)21(3,29)19(30-18)20(2,28)13-6-4-5-12(9-13)16(22)23/h4-10,15-16,18-19,27-29H,1-3H3/t15-,18+,19+,20+,21-/m0/s1. The zero-order valence-electron chi connectivity index (χ0n) is 16.7. The van der Waals surface area contributed by atoms with Gasteiger partial charge in [0.05, 0.1) is 5.69 Å². The Hall–Kier alpha value is -2.46. The van der Waals surface area contributed by atoms with Crippen LogP contribution < -0.4 is 0 Å². The van der Waals surface area contributed by atoms with E-state index in [1.165, 1.54) is 44.4 Å². The number of alkyl halides is 2. The highest BCUT2D eigenvalue weighted by molar-refractivity contribution is 5.78. The van der Waals surface area contributed by atoms with Crippen molar-refractivity contribution >= 4 is 11.0 Å². The van der Waals surface area contributed by atoms with E-state index in [1.807, 2.05) is 6.92 Å². The summed E-state index contributed by atoms with van der Waals surface area (Å²) in [7, 11) is 0. The van der Waals surface area contributed by atoms with Crippen LogP contribution in [0.15, 0.2) is 42.9 Å². The van der Waals surface area contributed by atoms with Crippen molar-refractivity contribution in [2.45, 2.75) is 56.8 Å². The molecule has 4 rings (SSSR count). The highest BCUT2D eigenvalue weighted by Crippen LogP contribution is 2.46. The van der Waals surface area contributed by atoms with Gasteiger partial charge in [0.15, 0.2) is 6.23 Å². The van der Waals surface area contributed by atoms with Crippen LogP contribution >= 0.6 is 0 Å². The molecule has 0 unspecified atom stereocenters. The largest absolute Gasteiger partial charge is 0.385 e. The number of aliphatic hydroxyl groups excluding tert-OH is 1. The van der Waals surface area contributed by atoms with Crippen LogP contribution in [0.4, 0.5) is 8.78 Å². The lowest BCUT2D eigenvalue weighted by atomic mass is 9.79. The molecule has 1 aliphatic heterocycles. The number of halogens is 2. The molecule has 1 aromatic carbocycles. The van der Waals surface area contributed by atoms with Crippen LogP contribution in [0.1, 0.15) is 43.3 Å². The molecule has 7 nitrogen and oxygen atoms in total. The van der Waals surface area contributed by atoms with Crippen LogP contribution in [-0.4, -0.2) is 47.7 Å². The molecule has 0 aliphatic carbocycles. The van der Waals surface area contributed by atoms with Crippen molar-refractivity contribution in [2.75, 3.05) is 0 Å². The highest BCUT2D eigenvalue weighted by Gasteiger charge is 2.59. The van der Waals surface area contributed by atoms with Crippen LogP contribution in [0.5, 0.6) is 0 Å². The summed E-state index contributed by atoms with van der Waals surface area (Å²) < 4.78 is 33.8. The first-order valence-corrected chi connectivity index (χ1v) is 9.50. The summed E-state index contributed by atoms with van der Waals surface area (Å²) in [5.41, 5.74) is -2.61. The molecule has 0 spiro atoms. The number of hydrogen-bond donors (Lipinski definition) is 3. The number of benzene rings is 1. The maximum atomic E-state index is 13.1. The average molecular weight is 419 g/mol. The van der Waals surface area contributed by atoms with Crippen molar-refractivity contribution < 1.29 is 28.8 Å². The quantitative estimate of drug-likeness (QED) is 0.601. The van der Waals surface area contributed by atoms with E-state index >= 15 is 0 Å². The molecule has 0 bridgehead atoms. The van der Waals surface area contributed by atoms with E-state index in [2.05, 4.69) is 9.97 Å². The molecular weight excluding hydrogens is 396 g/mol. The molecule has 5 atom stereocenters. The van der Waals surface area contributed by atoms with Crippen molar-refractivity contribution in [3.63, 3.8) is 0 Å². The Morgan fingerprint density at radius 2 is 2.00 bits per heavy atom. The third-order valence-corrected chi connectivity index (χ3v) is 5.89. The second-order valence-corrected chi connectivity index (χ2v) is 8.07. The maximum Gasteiger partial charge on any atom is 0.263 e. The van der Waals surface area contributed by atoms with Gasteiger partial charge in [-0.25, -0.2) is 18.7 Å². The number of aliphatic hydroxyl groups is 3. The first-order chi connectivity index (χ1) is 14.0. The van der Waals surface area contributed by atoms with Gasteiger partial charge >= 0.3 is 0 Å². The van der Waals surface area contributed by atoms with Crippen LogP contribution in [0.3, 0.4) is 0 Å². The third-order valence-electron chi connectivity index (χ3n) is 5.89. The van der Waals surface area contributed by atoms with E-state index in [1.54, 1.807) is 16.8 Å². The lowest BCUT2D eigenvalue weighted by Gasteiger charge is -2.37. The Morgan fingerprint density at radius 1 is 1.27 bits per heavy atom. The molecule has 0 radical (unpaired) electrons. The van der Waals surface area contributed by atoms with Gasteiger partial charge in [0.2, 0.25) is 0 Å². The molecule has 1 fully saturated rings. The summed E-state index contributed by atoms with van der Waals surface area (Å²) in [4.78, 5) is 8.37. The number of ether oxygens (including phenoxy) is 1. The Balaban J connectivity index is 1.74. The van der Waals surface area contributed by atoms with Gasteiger partial charge < -0.3 is 24.6 Å². The molecular formula is C21H23F2N3O4. The number of rotatable bonds is 4. The Kier molecular flexibility index (Phi) is 4.89. The van der Waals surface area contributed by atoms with Crippen molar-refractivity contribution in [1.82, 2.24) is 14.5 Å². The van der Waals surface area contributed by atoms with E-state index in [0.717, 1.165) is 11.1 Å². The molecule has 30 heavy (non-hydrogen) atoms. The summed E-state index contributed by atoms with van der Waals surface area (Å²) in [6.45, 7) is 4.53. The predicted octanol–water partition coefficient (Wildman–Crippen LogP) is 2.59. The van der Waals surface area contributed by atoms with Crippen molar-refractivity contribution in [3.05, 3.63) is 59.7 Å². The summed E-state index contributed by atoms with van der Waals surface area (Å²) >= 11 is 0. The van der Waals surface area contributed by atoms with Gasteiger partial charge in [0.25, 0.3) is 6.43 Å². The fourth-order valence-corrected chi connectivity index (χ4v) is 4.16. The maximum absolute atomic E-state index is 13.1. The van der Waals surface area contributed by atoms with E-state index in [9.17, 15) is 24.1 Å². The van der Waals surface area contributed by atoms with Crippen LogP contribution in [0.25, 0.3) is 11.0 Å². The fourth-order valence-electron chi connectivity index (χ4n) is 4.16. The van der Waals surface area contributed by atoms with Crippen molar-refractivity contribution in [2.24, 2.45) is 0 Å². The van der Waals surface area contributed by atoms with Gasteiger partial charge in [-0.3, -0.25) is 0 Å². The molecule has 3 N–H and O–H groups in total. The molecule has 3 aromatic rings. The minimum Gasteiger partial charge on any atom is -0.385 e. The van der Waals surface area contributed by atoms with Gasteiger partial charge in [0, 0.05) is 17.1 Å². The molecule has 0 amide bonds. The normalized spacial score (nSPS) is 28.9. The Morgan fingerprint density at radius 3 is 2.70 bits per heavy atom. The lowest BCUT2D eigenvalue weighted by molar-refractivity contribution is -0.161. The highest BCUT2D eigenvalue weighted by atomic mass is 19.3. The smallest absolute Gasteiger partial charge is 0.263 e. The SMILES string of the molecule is Cc1ncnc2c1ccn2[C@@H]1O[C@H]([C@](C)(O)c2cccc(C(F)F)c2)[C@@](C)(O)[C@H]1O. The molecule has 9 heteroatoms. The first-order valence-electron chi connectivity index (χ1n) is 9.50. The van der Waals surface area contributed by atoms with E-state index in [4.69, 9.17) is 4.74 Å². The van der Waals surface area contributed by atoms with Crippen LogP contribution in [0.2, 0.25) is 0 Å². The zero-order valence-corrected chi connectivity index (χ0v) is 16.7. The van der Waals surface area contributed by atoms with Crippen molar-refractivity contribution in [3.8, 4) is 0 Å². The van der Waals surface area contributed by atoms with E-state index in [0.29, 0.717) is 5.65 Å². The molecule has 1 aliphatic rings. The van der Waals surface area contributed by atoms with Gasteiger partial charge in [-0.2, -0.15) is 0 Å². The minimum absolute atomic E-state index is 0.147. The topological polar surface area (TPSA) is 101 Å². The average Bonchev–Trinajstić information content (AvgIpc) is 3.22. The fraction of sp³-hybridized carbons (Fsp3) is 0.429. The van der Waals surface area contributed by atoms with Gasteiger partial charge in [-0.15, -0.1) is 0 Å². The number of fused-ring (bicyclic) bond motifs is 1. The van der Waals surface area contributed by atoms with Gasteiger partial charge in [-0.1, -0.05) is 18.2 Å². The first kappa shape index (κ1) is 20.8. The summed E-state index contributed by atoms with van der Waals surface area (Å²) in [6.07, 6.45) is -3.45. The minimum atomic E-state index is -2.71. The Bertz CT molecular complexity index is 1080. The number of aromatic nitrogens is 3. The molecule has 160 valence electrons. The van der Waals surface area contributed by atoms with Gasteiger partial charge in [-0.05, 0) is 38.5 Å². The monoisotopic (exact) mass is 419 g/mol. The number of aryl methyl sites for hydroxylation is 1. The summed E-state index contributed by atoms with van der Waals surface area (Å²) in [5.74, 6) is 0. The van der Waals surface area contributed by atoms with Gasteiger partial charge in [0.1, 0.15) is 35.4 Å². The predicted molar refractivity (Wildman–Crippen MR) is 104 cm³/mol. The molecule has 2 aromatic heterocycles. The second-order valence-electron chi connectivity index (χ2n) is 8.07. The summed E-state index contributed by atoms with van der Waals surface area (Å²) in [6, 6.07) is 7.08. The second kappa shape index (κ2) is 7.05. The number of nitrogens with zero attached hydrogens (tertiary/aromatic N) is 3. The molecule has 3 heterocycles. The number of hydrogen-bond acceptors (Lipinski definition) is 6. The zero-order chi connectivity index (χ0) is 21.8. The Labute approximate surface area is 171 Å². The molecule has 1 saturated heterocycles. The third kappa shape index (κ3) is 3.09. The van der Waals surface area contributed by atoms with Crippen LogP contribution in [0, 0.1) is 6.92 Å². The van der Waals surface area contributed by atoms with E-state index in [-0.39, 0.29) is 11.1 Å². The van der Waals surface area contributed by atoms with Crippen molar-refractivity contribution in [1.29, 1.82) is 0 Å².